The van der Waals surface area contributed by atoms with E-state index in [0.29, 0.717) is 11.5 Å². The van der Waals surface area contributed by atoms with Crippen LogP contribution in [0.1, 0.15) is 33.6 Å². The van der Waals surface area contributed by atoms with Crippen LogP contribution in [0.3, 0.4) is 0 Å². The Balaban J connectivity index is 2.58. The predicted molar refractivity (Wildman–Crippen MR) is 40.2 cm³/mol. The quantitative estimate of drug-likeness (QED) is 0.527. The van der Waals surface area contributed by atoms with Crippen LogP contribution in [0, 0.1) is 11.3 Å². The molecule has 0 amide bonds. The van der Waals surface area contributed by atoms with Crippen molar-refractivity contribution in [1.82, 2.24) is 0 Å². The first-order valence-electron chi connectivity index (χ1n) is 3.78. The van der Waals surface area contributed by atoms with Crippen LogP contribution in [0.15, 0.2) is 0 Å². The van der Waals surface area contributed by atoms with Gasteiger partial charge < -0.3 is 5.73 Å². The number of nitrogens with two attached hydrogens (primary N) is 1. The molecule has 0 aromatic carbocycles. The molecule has 0 radical (unpaired) electrons. The van der Waals surface area contributed by atoms with E-state index in [4.69, 9.17) is 5.73 Å². The lowest BCUT2D eigenvalue weighted by molar-refractivity contribution is 0.280. The summed E-state index contributed by atoms with van der Waals surface area (Å²) in [6.07, 6.45) is 2.42. The summed E-state index contributed by atoms with van der Waals surface area (Å²) in [5.41, 5.74) is 6.30. The standard InChI is InChI=1S/C8H17N/c1-6-4-7(9)5-8(6,2)3/h6-7H,4-5,9H2,1-3H3/t6?,7-/m1/s1. The van der Waals surface area contributed by atoms with Crippen molar-refractivity contribution in [1.29, 1.82) is 0 Å². The Morgan fingerprint density at radius 2 is 2.00 bits per heavy atom. The molecule has 0 aliphatic heterocycles. The molecule has 0 saturated heterocycles. The van der Waals surface area contributed by atoms with Gasteiger partial charge in [-0.25, -0.2) is 0 Å². The maximum Gasteiger partial charge on any atom is 0.00467 e. The average molecular weight is 127 g/mol. The molecule has 1 rings (SSSR count). The van der Waals surface area contributed by atoms with Gasteiger partial charge in [-0.15, -0.1) is 0 Å². The average Bonchev–Trinajstić information content (AvgIpc) is 1.79. The Hall–Kier alpha value is -0.0400. The second-order valence-corrected chi connectivity index (χ2v) is 4.09. The first kappa shape index (κ1) is 7.07. The molecule has 0 aromatic rings. The van der Waals surface area contributed by atoms with Crippen LogP contribution in [-0.4, -0.2) is 6.04 Å². The highest BCUT2D eigenvalue weighted by Gasteiger charge is 2.35. The molecule has 0 heterocycles. The molecule has 1 heteroatoms. The summed E-state index contributed by atoms with van der Waals surface area (Å²) >= 11 is 0. The van der Waals surface area contributed by atoms with Gasteiger partial charge >= 0.3 is 0 Å². The molecular formula is C8H17N. The highest BCUT2D eigenvalue weighted by molar-refractivity contribution is 4.89. The van der Waals surface area contributed by atoms with Crippen LogP contribution in [0.5, 0.6) is 0 Å². The molecule has 1 nitrogen and oxygen atoms in total. The largest absolute Gasteiger partial charge is 0.328 e. The van der Waals surface area contributed by atoms with E-state index in [2.05, 4.69) is 20.8 Å². The van der Waals surface area contributed by atoms with Crippen LogP contribution >= 0.6 is 0 Å². The summed E-state index contributed by atoms with van der Waals surface area (Å²) in [5, 5.41) is 0. The summed E-state index contributed by atoms with van der Waals surface area (Å²) in [6, 6.07) is 0.468. The van der Waals surface area contributed by atoms with Crippen LogP contribution < -0.4 is 5.73 Å². The third-order valence-electron chi connectivity index (χ3n) is 2.78. The first-order chi connectivity index (χ1) is 4.02. The molecule has 9 heavy (non-hydrogen) atoms. The zero-order chi connectivity index (χ0) is 7.07. The molecule has 2 atom stereocenters. The van der Waals surface area contributed by atoms with E-state index >= 15 is 0 Å². The second kappa shape index (κ2) is 1.98. The molecule has 1 unspecified atom stereocenters. The molecule has 0 spiro atoms. The maximum absolute atomic E-state index is 5.80. The van der Waals surface area contributed by atoms with Crippen molar-refractivity contribution in [2.45, 2.75) is 39.7 Å². The minimum atomic E-state index is 0.468. The number of hydrogen-bond donors (Lipinski definition) is 1. The normalized spacial score (nSPS) is 41.3. The van der Waals surface area contributed by atoms with Crippen molar-refractivity contribution >= 4 is 0 Å². The Morgan fingerprint density at radius 1 is 1.44 bits per heavy atom. The van der Waals surface area contributed by atoms with E-state index in [1.165, 1.54) is 12.8 Å². The monoisotopic (exact) mass is 127 g/mol. The van der Waals surface area contributed by atoms with Gasteiger partial charge in [0.2, 0.25) is 0 Å². The Morgan fingerprint density at radius 3 is 2.11 bits per heavy atom. The van der Waals surface area contributed by atoms with Gasteiger partial charge in [0.15, 0.2) is 0 Å². The van der Waals surface area contributed by atoms with E-state index < -0.39 is 0 Å². The van der Waals surface area contributed by atoms with Gasteiger partial charge in [-0.05, 0) is 24.2 Å². The van der Waals surface area contributed by atoms with E-state index in [-0.39, 0.29) is 0 Å². The summed E-state index contributed by atoms with van der Waals surface area (Å²) in [6.45, 7) is 6.92. The highest BCUT2D eigenvalue weighted by atomic mass is 14.7. The summed E-state index contributed by atoms with van der Waals surface area (Å²) < 4.78 is 0. The lowest BCUT2D eigenvalue weighted by Gasteiger charge is -2.22. The minimum absolute atomic E-state index is 0.468. The van der Waals surface area contributed by atoms with Gasteiger partial charge in [0.1, 0.15) is 0 Å². The van der Waals surface area contributed by atoms with E-state index in [1.807, 2.05) is 0 Å². The van der Waals surface area contributed by atoms with Crippen molar-refractivity contribution in [3.05, 3.63) is 0 Å². The van der Waals surface area contributed by atoms with Gasteiger partial charge in [0.25, 0.3) is 0 Å². The predicted octanol–water partition coefficient (Wildman–Crippen LogP) is 1.77. The fourth-order valence-corrected chi connectivity index (χ4v) is 1.73. The van der Waals surface area contributed by atoms with Crippen molar-refractivity contribution in [3.8, 4) is 0 Å². The molecule has 1 fully saturated rings. The maximum atomic E-state index is 5.80. The molecule has 1 aliphatic carbocycles. The first-order valence-corrected chi connectivity index (χ1v) is 3.78. The zero-order valence-corrected chi connectivity index (χ0v) is 6.65. The Bertz CT molecular complexity index is 107. The molecular weight excluding hydrogens is 110 g/mol. The van der Waals surface area contributed by atoms with Crippen molar-refractivity contribution in [3.63, 3.8) is 0 Å². The zero-order valence-electron chi connectivity index (χ0n) is 6.65. The van der Waals surface area contributed by atoms with Crippen LogP contribution in [0.2, 0.25) is 0 Å². The third kappa shape index (κ3) is 1.26. The lowest BCUT2D eigenvalue weighted by Crippen LogP contribution is -2.17. The molecule has 0 bridgehead atoms. The Kier molecular flexibility index (Phi) is 1.55. The van der Waals surface area contributed by atoms with Gasteiger partial charge in [-0.2, -0.15) is 0 Å². The fraction of sp³-hybridized carbons (Fsp3) is 1.00. The minimum Gasteiger partial charge on any atom is -0.328 e. The third-order valence-corrected chi connectivity index (χ3v) is 2.78. The highest BCUT2D eigenvalue weighted by Crippen LogP contribution is 2.41. The van der Waals surface area contributed by atoms with Crippen molar-refractivity contribution < 1.29 is 0 Å². The van der Waals surface area contributed by atoms with Gasteiger partial charge in [0.05, 0.1) is 0 Å². The van der Waals surface area contributed by atoms with Crippen LogP contribution in [-0.2, 0) is 0 Å². The van der Waals surface area contributed by atoms with Crippen LogP contribution in [0.4, 0.5) is 0 Å². The van der Waals surface area contributed by atoms with Crippen LogP contribution in [0.25, 0.3) is 0 Å². The summed E-state index contributed by atoms with van der Waals surface area (Å²) in [7, 11) is 0. The van der Waals surface area contributed by atoms with Crippen molar-refractivity contribution in [2.75, 3.05) is 0 Å². The van der Waals surface area contributed by atoms with E-state index in [9.17, 15) is 0 Å². The SMILES string of the molecule is CC1C[C@@H](N)CC1(C)C. The van der Waals surface area contributed by atoms with E-state index in [0.717, 1.165) is 5.92 Å². The lowest BCUT2D eigenvalue weighted by atomic mass is 9.83. The summed E-state index contributed by atoms with van der Waals surface area (Å²) in [5.74, 6) is 0.812. The topological polar surface area (TPSA) is 26.0 Å². The van der Waals surface area contributed by atoms with Crippen molar-refractivity contribution in [2.24, 2.45) is 17.1 Å². The molecule has 0 aromatic heterocycles. The Labute approximate surface area is 57.6 Å². The number of hydrogen-bond acceptors (Lipinski definition) is 1. The van der Waals surface area contributed by atoms with Gasteiger partial charge in [-0.3, -0.25) is 0 Å². The molecule has 54 valence electrons. The van der Waals surface area contributed by atoms with Gasteiger partial charge in [0, 0.05) is 6.04 Å². The second-order valence-electron chi connectivity index (χ2n) is 4.09. The number of rotatable bonds is 0. The van der Waals surface area contributed by atoms with E-state index in [1.54, 1.807) is 0 Å². The molecule has 1 saturated carbocycles. The fourth-order valence-electron chi connectivity index (χ4n) is 1.73. The smallest absolute Gasteiger partial charge is 0.00467 e. The summed E-state index contributed by atoms with van der Waals surface area (Å²) in [4.78, 5) is 0. The molecule has 2 N–H and O–H groups in total. The molecule has 1 aliphatic rings. The van der Waals surface area contributed by atoms with Gasteiger partial charge in [-0.1, -0.05) is 20.8 Å².